The van der Waals surface area contributed by atoms with E-state index in [0.717, 1.165) is 12.3 Å². The third-order valence-corrected chi connectivity index (χ3v) is 3.86. The lowest BCUT2D eigenvalue weighted by Crippen LogP contribution is -2.21. The first-order valence-electron chi connectivity index (χ1n) is 8.04. The Hall–Kier alpha value is -1.59. The largest absolute Gasteiger partial charge is 0.463 e. The minimum Gasteiger partial charge on any atom is -0.463 e. The van der Waals surface area contributed by atoms with Crippen molar-refractivity contribution >= 4 is 11.9 Å². The molecule has 6 nitrogen and oxygen atoms in total. The zero-order chi connectivity index (χ0) is 15.1. The maximum Gasteiger partial charge on any atom is 0.323 e. The molecule has 21 heavy (non-hydrogen) atoms. The van der Waals surface area contributed by atoms with Crippen molar-refractivity contribution < 1.29 is 4.74 Å². The topological polar surface area (TPSA) is 72.0 Å². The van der Waals surface area contributed by atoms with Crippen molar-refractivity contribution in [3.05, 3.63) is 0 Å². The fraction of sp³-hybridized carbons (Fsp3) is 0.800. The van der Waals surface area contributed by atoms with Gasteiger partial charge in [0.25, 0.3) is 0 Å². The number of nitrogens with zero attached hydrogens (tertiary/aromatic N) is 3. The molecule has 0 radical (unpaired) electrons. The molecular weight excluding hydrogens is 266 g/mol. The van der Waals surface area contributed by atoms with E-state index in [0.29, 0.717) is 30.6 Å². The molecule has 2 rings (SSSR count). The molecule has 1 aliphatic carbocycles. The minimum absolute atomic E-state index is 0.390. The van der Waals surface area contributed by atoms with E-state index < -0.39 is 0 Å². The first kappa shape index (κ1) is 15.8. The second-order valence-corrected chi connectivity index (χ2v) is 5.82. The average molecular weight is 293 g/mol. The van der Waals surface area contributed by atoms with Crippen molar-refractivity contribution in [3.8, 4) is 6.01 Å². The highest BCUT2D eigenvalue weighted by Gasteiger charge is 2.17. The molecule has 2 atom stereocenters. The molecule has 1 aromatic heterocycles. The van der Waals surface area contributed by atoms with Crippen LogP contribution in [-0.4, -0.2) is 34.6 Å². The molecule has 6 heteroatoms. The molecule has 2 N–H and O–H groups in total. The SMILES string of the molecule is CCCOc1nc(NC)nc(NC2CCCC(C)CC2)n1. The molecule has 1 aliphatic rings. The minimum atomic E-state index is 0.390. The molecule has 0 saturated heterocycles. The van der Waals surface area contributed by atoms with E-state index in [4.69, 9.17) is 4.74 Å². The van der Waals surface area contributed by atoms with E-state index in [1.54, 1.807) is 7.05 Å². The van der Waals surface area contributed by atoms with Gasteiger partial charge in [0, 0.05) is 13.1 Å². The number of aromatic nitrogens is 3. The lowest BCUT2D eigenvalue weighted by Gasteiger charge is -2.17. The number of nitrogens with one attached hydrogen (secondary N) is 2. The van der Waals surface area contributed by atoms with Gasteiger partial charge in [0.05, 0.1) is 6.61 Å². The van der Waals surface area contributed by atoms with Crippen molar-refractivity contribution in [2.24, 2.45) is 5.92 Å². The normalized spacial score (nSPS) is 22.4. The summed E-state index contributed by atoms with van der Waals surface area (Å²) in [4.78, 5) is 13.0. The molecule has 2 unspecified atom stereocenters. The molecule has 0 aliphatic heterocycles. The Morgan fingerprint density at radius 2 is 1.90 bits per heavy atom. The molecular formula is C15H27N5O. The maximum absolute atomic E-state index is 5.53. The van der Waals surface area contributed by atoms with Gasteiger partial charge in [-0.25, -0.2) is 0 Å². The highest BCUT2D eigenvalue weighted by Crippen LogP contribution is 2.24. The number of ether oxygens (including phenoxy) is 1. The molecule has 1 saturated carbocycles. The fourth-order valence-electron chi connectivity index (χ4n) is 2.60. The van der Waals surface area contributed by atoms with Crippen LogP contribution >= 0.6 is 0 Å². The van der Waals surface area contributed by atoms with Gasteiger partial charge in [-0.2, -0.15) is 15.0 Å². The Balaban J connectivity index is 2.03. The Kier molecular flexibility index (Phi) is 6.02. The van der Waals surface area contributed by atoms with Crippen LogP contribution in [0.3, 0.4) is 0 Å². The number of hydrogen-bond acceptors (Lipinski definition) is 6. The number of rotatable bonds is 6. The van der Waals surface area contributed by atoms with Crippen LogP contribution in [0.1, 0.15) is 52.4 Å². The van der Waals surface area contributed by atoms with Gasteiger partial charge in [0.2, 0.25) is 11.9 Å². The molecule has 1 aromatic rings. The van der Waals surface area contributed by atoms with E-state index in [1.807, 2.05) is 0 Å². The van der Waals surface area contributed by atoms with Crippen LogP contribution in [0.15, 0.2) is 0 Å². The van der Waals surface area contributed by atoms with Crippen LogP contribution in [-0.2, 0) is 0 Å². The molecule has 0 amide bonds. The highest BCUT2D eigenvalue weighted by atomic mass is 16.5. The van der Waals surface area contributed by atoms with Crippen molar-refractivity contribution in [1.29, 1.82) is 0 Å². The molecule has 0 bridgehead atoms. The van der Waals surface area contributed by atoms with Gasteiger partial charge < -0.3 is 15.4 Å². The van der Waals surface area contributed by atoms with Crippen LogP contribution in [0.25, 0.3) is 0 Å². The van der Waals surface area contributed by atoms with Crippen molar-refractivity contribution in [3.63, 3.8) is 0 Å². The van der Waals surface area contributed by atoms with E-state index in [-0.39, 0.29) is 0 Å². The first-order chi connectivity index (χ1) is 10.2. The summed E-state index contributed by atoms with van der Waals surface area (Å²) in [5.41, 5.74) is 0. The van der Waals surface area contributed by atoms with E-state index in [9.17, 15) is 0 Å². The summed E-state index contributed by atoms with van der Waals surface area (Å²) in [7, 11) is 1.80. The fourth-order valence-corrected chi connectivity index (χ4v) is 2.60. The zero-order valence-electron chi connectivity index (χ0n) is 13.4. The van der Waals surface area contributed by atoms with Crippen LogP contribution < -0.4 is 15.4 Å². The highest BCUT2D eigenvalue weighted by molar-refractivity contribution is 5.36. The average Bonchev–Trinajstić information content (AvgIpc) is 2.69. The number of anilines is 2. The molecule has 1 heterocycles. The molecule has 1 fully saturated rings. The smallest absolute Gasteiger partial charge is 0.323 e. The Morgan fingerprint density at radius 3 is 2.67 bits per heavy atom. The zero-order valence-corrected chi connectivity index (χ0v) is 13.4. The number of hydrogen-bond donors (Lipinski definition) is 2. The van der Waals surface area contributed by atoms with Gasteiger partial charge in [-0.15, -0.1) is 0 Å². The monoisotopic (exact) mass is 293 g/mol. The van der Waals surface area contributed by atoms with E-state index in [2.05, 4.69) is 39.4 Å². The van der Waals surface area contributed by atoms with E-state index >= 15 is 0 Å². The summed E-state index contributed by atoms with van der Waals surface area (Å²) in [5, 5.41) is 6.41. The summed E-state index contributed by atoms with van der Waals surface area (Å²) >= 11 is 0. The lowest BCUT2D eigenvalue weighted by atomic mass is 10.0. The third kappa shape index (κ3) is 5.02. The maximum atomic E-state index is 5.53. The summed E-state index contributed by atoms with van der Waals surface area (Å²) < 4.78 is 5.53. The summed E-state index contributed by atoms with van der Waals surface area (Å²) in [5.74, 6) is 1.98. The predicted molar refractivity (Wildman–Crippen MR) is 84.8 cm³/mol. The Morgan fingerprint density at radius 1 is 1.10 bits per heavy atom. The Bertz CT molecular complexity index is 440. The van der Waals surface area contributed by atoms with E-state index in [1.165, 1.54) is 32.1 Å². The summed E-state index contributed by atoms with van der Waals surface area (Å²) in [6, 6.07) is 0.835. The third-order valence-electron chi connectivity index (χ3n) is 3.86. The summed E-state index contributed by atoms with van der Waals surface area (Å²) in [6.07, 6.45) is 7.14. The van der Waals surface area contributed by atoms with Crippen LogP contribution in [0.2, 0.25) is 0 Å². The Labute approximate surface area is 127 Å². The van der Waals surface area contributed by atoms with Crippen LogP contribution in [0, 0.1) is 5.92 Å². The van der Waals surface area contributed by atoms with Crippen molar-refractivity contribution in [1.82, 2.24) is 15.0 Å². The molecule has 118 valence electrons. The van der Waals surface area contributed by atoms with Crippen molar-refractivity contribution in [2.75, 3.05) is 24.3 Å². The van der Waals surface area contributed by atoms with Gasteiger partial charge in [-0.05, 0) is 31.6 Å². The van der Waals surface area contributed by atoms with Crippen LogP contribution in [0.5, 0.6) is 6.01 Å². The van der Waals surface area contributed by atoms with Gasteiger partial charge in [0.1, 0.15) is 0 Å². The van der Waals surface area contributed by atoms with Crippen LogP contribution in [0.4, 0.5) is 11.9 Å². The molecule has 0 aromatic carbocycles. The summed E-state index contributed by atoms with van der Waals surface area (Å²) in [6.45, 7) is 5.01. The molecule has 0 spiro atoms. The lowest BCUT2D eigenvalue weighted by molar-refractivity contribution is 0.292. The van der Waals surface area contributed by atoms with Crippen molar-refractivity contribution in [2.45, 2.75) is 58.4 Å². The van der Waals surface area contributed by atoms with Gasteiger partial charge >= 0.3 is 6.01 Å². The first-order valence-corrected chi connectivity index (χ1v) is 8.04. The second-order valence-electron chi connectivity index (χ2n) is 5.82. The van der Waals surface area contributed by atoms with Gasteiger partial charge in [-0.3, -0.25) is 0 Å². The quantitative estimate of drug-likeness (QED) is 0.785. The second kappa shape index (κ2) is 8.00. The predicted octanol–water partition coefficient (Wildman–Crippen LogP) is 3.08. The van der Waals surface area contributed by atoms with Gasteiger partial charge in [0.15, 0.2) is 0 Å². The standard InChI is InChI=1S/C15H27N5O/c1-4-10-21-15-19-13(16-3)18-14(20-15)17-12-7-5-6-11(2)8-9-12/h11-12H,4-10H2,1-3H3,(H2,16,17,18,19,20). The van der Waals surface area contributed by atoms with Gasteiger partial charge in [-0.1, -0.05) is 26.7 Å².